The van der Waals surface area contributed by atoms with Crippen molar-refractivity contribution in [1.29, 1.82) is 0 Å². The number of carbonyl (C=O) groups is 1. The Labute approximate surface area is 114 Å². The summed E-state index contributed by atoms with van der Waals surface area (Å²) in [4.78, 5) is 14.8. The Morgan fingerprint density at radius 2 is 2.17 bits per heavy atom. The van der Waals surface area contributed by atoms with Crippen LogP contribution >= 0.6 is 23.1 Å². The van der Waals surface area contributed by atoms with Gasteiger partial charge >= 0.3 is 5.97 Å². The molecule has 1 aromatic heterocycles. The molecule has 1 N–H and O–H groups in total. The van der Waals surface area contributed by atoms with Crippen LogP contribution in [-0.4, -0.2) is 16.1 Å². The summed E-state index contributed by atoms with van der Waals surface area (Å²) in [6, 6.07) is 8.28. The average Bonchev–Trinajstić information content (AvgIpc) is 2.80. The van der Waals surface area contributed by atoms with Gasteiger partial charge in [0.25, 0.3) is 0 Å². The van der Waals surface area contributed by atoms with E-state index < -0.39 is 5.97 Å². The molecule has 0 aliphatic carbocycles. The van der Waals surface area contributed by atoms with Crippen molar-refractivity contribution in [3.8, 4) is 0 Å². The second kappa shape index (κ2) is 6.02. The number of aryl methyl sites for hydroxylation is 1. The number of rotatable bonds is 5. The highest BCUT2D eigenvalue weighted by atomic mass is 32.2. The Hall–Kier alpha value is -1.33. The molecule has 94 valence electrons. The molecule has 0 atom stereocenters. The van der Waals surface area contributed by atoms with Crippen LogP contribution in [-0.2, 0) is 11.5 Å². The third-order valence-electron chi connectivity index (χ3n) is 2.50. The van der Waals surface area contributed by atoms with Crippen LogP contribution in [0.5, 0.6) is 0 Å². The van der Waals surface area contributed by atoms with E-state index in [-0.39, 0.29) is 5.01 Å². The van der Waals surface area contributed by atoms with Gasteiger partial charge < -0.3 is 5.11 Å². The highest BCUT2D eigenvalue weighted by Crippen LogP contribution is 2.21. The summed E-state index contributed by atoms with van der Waals surface area (Å²) in [6.07, 6.45) is 0. The number of thioether (sulfide) groups is 1. The molecule has 2 rings (SSSR count). The number of nitrogens with zero attached hydrogens (tertiary/aromatic N) is 1. The number of benzene rings is 1. The Morgan fingerprint density at radius 1 is 1.39 bits per heavy atom. The molecule has 0 saturated heterocycles. The van der Waals surface area contributed by atoms with E-state index >= 15 is 0 Å². The molecule has 1 aromatic carbocycles. The van der Waals surface area contributed by atoms with E-state index in [1.54, 1.807) is 11.8 Å². The molecule has 18 heavy (non-hydrogen) atoms. The van der Waals surface area contributed by atoms with Gasteiger partial charge in [0.15, 0.2) is 0 Å². The highest BCUT2D eigenvalue weighted by molar-refractivity contribution is 7.97. The Balaban J connectivity index is 1.88. The summed E-state index contributed by atoms with van der Waals surface area (Å²) >= 11 is 2.93. The van der Waals surface area contributed by atoms with Crippen molar-refractivity contribution in [2.24, 2.45) is 0 Å². The second-order valence-electron chi connectivity index (χ2n) is 3.87. The van der Waals surface area contributed by atoms with Gasteiger partial charge in [-0.3, -0.25) is 0 Å². The lowest BCUT2D eigenvalue weighted by atomic mass is 10.1. The minimum absolute atomic E-state index is 0.168. The largest absolute Gasteiger partial charge is 0.476 e. The predicted octanol–water partition coefficient (Wildman–Crippen LogP) is 3.58. The van der Waals surface area contributed by atoms with Crippen molar-refractivity contribution >= 4 is 29.1 Å². The molecule has 1 heterocycles. The zero-order chi connectivity index (χ0) is 13.0. The fourth-order valence-corrected chi connectivity index (χ4v) is 3.27. The first kappa shape index (κ1) is 13.1. The van der Waals surface area contributed by atoms with Crippen LogP contribution in [0.3, 0.4) is 0 Å². The maximum absolute atomic E-state index is 10.7. The maximum Gasteiger partial charge on any atom is 0.365 e. The molecule has 3 nitrogen and oxygen atoms in total. The van der Waals surface area contributed by atoms with E-state index in [0.29, 0.717) is 0 Å². The van der Waals surface area contributed by atoms with Gasteiger partial charge in [0.05, 0.1) is 5.69 Å². The first-order chi connectivity index (χ1) is 8.66. The van der Waals surface area contributed by atoms with Gasteiger partial charge in [-0.1, -0.05) is 24.3 Å². The molecular weight excluding hydrogens is 266 g/mol. The smallest absolute Gasteiger partial charge is 0.365 e. The molecule has 0 radical (unpaired) electrons. The van der Waals surface area contributed by atoms with Crippen LogP contribution < -0.4 is 0 Å². The monoisotopic (exact) mass is 279 g/mol. The standard InChI is InChI=1S/C13H13NO2S2/c1-9-4-2-3-5-10(9)6-17-7-11-8-18-12(14-11)13(15)16/h2-5,8H,6-7H2,1H3,(H,15,16). The van der Waals surface area contributed by atoms with Gasteiger partial charge in [-0.05, 0) is 18.1 Å². The Morgan fingerprint density at radius 3 is 2.83 bits per heavy atom. The third kappa shape index (κ3) is 3.34. The van der Waals surface area contributed by atoms with Crippen LogP contribution in [0.15, 0.2) is 29.6 Å². The number of hydrogen-bond donors (Lipinski definition) is 1. The molecular formula is C13H13NO2S2. The van der Waals surface area contributed by atoms with Crippen molar-refractivity contribution < 1.29 is 9.90 Å². The molecule has 0 saturated carbocycles. The summed E-state index contributed by atoms with van der Waals surface area (Å²) in [5.41, 5.74) is 3.45. The number of aromatic nitrogens is 1. The fourth-order valence-electron chi connectivity index (χ4n) is 1.51. The van der Waals surface area contributed by atoms with Crippen molar-refractivity contribution in [3.63, 3.8) is 0 Å². The Bertz CT molecular complexity index is 551. The molecule has 2 aromatic rings. The minimum atomic E-state index is -0.949. The van der Waals surface area contributed by atoms with Crippen molar-refractivity contribution in [3.05, 3.63) is 51.5 Å². The molecule has 0 fully saturated rings. The Kier molecular flexibility index (Phi) is 4.38. The minimum Gasteiger partial charge on any atom is -0.476 e. The van der Waals surface area contributed by atoms with Crippen LogP contribution in [0.1, 0.15) is 26.6 Å². The molecule has 0 unspecified atom stereocenters. The lowest BCUT2D eigenvalue weighted by Gasteiger charge is -2.03. The number of aromatic carboxylic acids is 1. The van der Waals surface area contributed by atoms with E-state index in [1.165, 1.54) is 22.5 Å². The second-order valence-corrected chi connectivity index (χ2v) is 5.71. The van der Waals surface area contributed by atoms with Crippen LogP contribution in [0.25, 0.3) is 0 Å². The normalized spacial score (nSPS) is 10.5. The van der Waals surface area contributed by atoms with Crippen molar-refractivity contribution in [2.75, 3.05) is 0 Å². The highest BCUT2D eigenvalue weighted by Gasteiger charge is 2.08. The van der Waals surface area contributed by atoms with E-state index in [0.717, 1.165) is 17.2 Å². The summed E-state index contributed by atoms with van der Waals surface area (Å²) in [5, 5.41) is 10.8. The van der Waals surface area contributed by atoms with Crippen LogP contribution in [0, 0.1) is 6.92 Å². The van der Waals surface area contributed by atoms with E-state index in [2.05, 4.69) is 24.0 Å². The van der Waals surface area contributed by atoms with Crippen molar-refractivity contribution in [1.82, 2.24) is 4.98 Å². The summed E-state index contributed by atoms with van der Waals surface area (Å²) < 4.78 is 0. The summed E-state index contributed by atoms with van der Waals surface area (Å²) in [6.45, 7) is 2.10. The summed E-state index contributed by atoms with van der Waals surface area (Å²) in [5.74, 6) is 0.722. The lowest BCUT2D eigenvalue weighted by molar-refractivity contribution is 0.0696. The van der Waals surface area contributed by atoms with E-state index in [4.69, 9.17) is 5.11 Å². The topological polar surface area (TPSA) is 50.2 Å². The maximum atomic E-state index is 10.7. The van der Waals surface area contributed by atoms with Crippen LogP contribution in [0.4, 0.5) is 0 Å². The van der Waals surface area contributed by atoms with Gasteiger partial charge in [-0.25, -0.2) is 9.78 Å². The molecule has 0 amide bonds. The number of carboxylic acids is 1. The van der Waals surface area contributed by atoms with E-state index in [1.807, 2.05) is 17.5 Å². The zero-order valence-electron chi connectivity index (χ0n) is 9.92. The van der Waals surface area contributed by atoms with Gasteiger partial charge in [0.1, 0.15) is 0 Å². The number of thiazole rings is 1. The number of carboxylic acid groups (broad SMARTS) is 1. The molecule has 0 aliphatic rings. The van der Waals surface area contributed by atoms with Gasteiger partial charge in [-0.15, -0.1) is 11.3 Å². The summed E-state index contributed by atoms with van der Waals surface area (Å²) in [7, 11) is 0. The van der Waals surface area contributed by atoms with Gasteiger partial charge in [0.2, 0.25) is 5.01 Å². The average molecular weight is 279 g/mol. The zero-order valence-corrected chi connectivity index (χ0v) is 11.6. The van der Waals surface area contributed by atoms with Gasteiger partial charge in [0, 0.05) is 16.9 Å². The van der Waals surface area contributed by atoms with Crippen molar-refractivity contribution in [2.45, 2.75) is 18.4 Å². The fraction of sp³-hybridized carbons (Fsp3) is 0.231. The number of hydrogen-bond acceptors (Lipinski definition) is 4. The molecule has 5 heteroatoms. The SMILES string of the molecule is Cc1ccccc1CSCc1csc(C(=O)O)n1. The van der Waals surface area contributed by atoms with E-state index in [9.17, 15) is 4.79 Å². The first-order valence-corrected chi connectivity index (χ1v) is 7.50. The molecule has 0 spiro atoms. The lowest BCUT2D eigenvalue weighted by Crippen LogP contribution is -1.95. The molecule has 0 bridgehead atoms. The van der Waals surface area contributed by atoms with Crippen LogP contribution in [0.2, 0.25) is 0 Å². The quantitative estimate of drug-likeness (QED) is 0.908. The molecule has 0 aliphatic heterocycles. The third-order valence-corrected chi connectivity index (χ3v) is 4.40. The van der Waals surface area contributed by atoms with Gasteiger partial charge in [-0.2, -0.15) is 11.8 Å². The predicted molar refractivity (Wildman–Crippen MR) is 75.3 cm³/mol. The first-order valence-electron chi connectivity index (χ1n) is 5.47.